The van der Waals surface area contributed by atoms with Crippen molar-refractivity contribution in [3.8, 4) is 0 Å². The van der Waals surface area contributed by atoms with Crippen LogP contribution < -0.4 is 0 Å². The molecule has 0 aliphatic carbocycles. The van der Waals surface area contributed by atoms with E-state index < -0.39 is 0 Å². The minimum atomic E-state index is -0.230. The largest absolute Gasteiger partial charge is 0.393 e. The molecule has 2 saturated heterocycles. The Morgan fingerprint density at radius 2 is 2.16 bits per heavy atom. The van der Waals surface area contributed by atoms with Crippen LogP contribution in [0.2, 0.25) is 0 Å². The Morgan fingerprint density at radius 1 is 1.47 bits per heavy atom. The molecule has 0 saturated carbocycles. The summed E-state index contributed by atoms with van der Waals surface area (Å²) in [5.74, 6) is 0.0602. The fourth-order valence-corrected chi connectivity index (χ4v) is 3.79. The van der Waals surface area contributed by atoms with E-state index in [-0.39, 0.29) is 24.1 Å². The van der Waals surface area contributed by atoms with Crippen LogP contribution in [-0.4, -0.2) is 39.1 Å². The standard InChI is InChI=1S/C14H18N2O2S/c1-9-15-10(8-19-9)2-5-14(18)16-11-3-4-12(16)7-13(17)6-11/h2,5,8,11-13,17H,3-4,6-7H2,1H3. The van der Waals surface area contributed by atoms with E-state index in [0.29, 0.717) is 0 Å². The van der Waals surface area contributed by atoms with Crippen molar-refractivity contribution < 1.29 is 9.90 Å². The van der Waals surface area contributed by atoms with Gasteiger partial charge in [0.25, 0.3) is 0 Å². The van der Waals surface area contributed by atoms with E-state index in [1.165, 1.54) is 0 Å². The zero-order chi connectivity index (χ0) is 13.4. The molecule has 2 unspecified atom stereocenters. The smallest absolute Gasteiger partial charge is 0.247 e. The van der Waals surface area contributed by atoms with E-state index in [4.69, 9.17) is 0 Å². The molecule has 102 valence electrons. The maximum Gasteiger partial charge on any atom is 0.247 e. The molecule has 2 fully saturated rings. The van der Waals surface area contributed by atoms with Gasteiger partial charge in [-0.2, -0.15) is 0 Å². The van der Waals surface area contributed by atoms with Gasteiger partial charge in [-0.1, -0.05) is 0 Å². The van der Waals surface area contributed by atoms with Crippen LogP contribution in [0.15, 0.2) is 11.5 Å². The van der Waals surface area contributed by atoms with Crippen LogP contribution in [-0.2, 0) is 4.79 Å². The lowest BCUT2D eigenvalue weighted by atomic mass is 10.00. The van der Waals surface area contributed by atoms with Gasteiger partial charge in [0.2, 0.25) is 5.91 Å². The number of aryl methyl sites for hydroxylation is 1. The molecule has 0 aromatic carbocycles. The molecule has 1 N–H and O–H groups in total. The first kappa shape index (κ1) is 12.8. The normalized spacial score (nSPS) is 30.2. The molecule has 0 spiro atoms. The Labute approximate surface area is 116 Å². The molecule has 1 aromatic rings. The van der Waals surface area contributed by atoms with Gasteiger partial charge in [-0.05, 0) is 38.7 Å². The Hall–Kier alpha value is -1.20. The second-order valence-corrected chi connectivity index (χ2v) is 6.44. The number of amides is 1. The van der Waals surface area contributed by atoms with Gasteiger partial charge in [-0.15, -0.1) is 11.3 Å². The fraction of sp³-hybridized carbons (Fsp3) is 0.571. The summed E-state index contributed by atoms with van der Waals surface area (Å²) in [6.45, 7) is 1.95. The maximum atomic E-state index is 12.3. The SMILES string of the molecule is Cc1nc(C=CC(=O)N2C3CCC2CC(O)C3)cs1. The minimum Gasteiger partial charge on any atom is -0.393 e. The first-order valence-corrected chi connectivity index (χ1v) is 7.62. The number of nitrogens with zero attached hydrogens (tertiary/aromatic N) is 2. The Morgan fingerprint density at radius 3 is 2.74 bits per heavy atom. The highest BCUT2D eigenvalue weighted by atomic mass is 32.1. The van der Waals surface area contributed by atoms with Gasteiger partial charge in [0.1, 0.15) is 0 Å². The molecule has 2 bridgehead atoms. The molecule has 2 aliphatic heterocycles. The number of carbonyl (C=O) groups excluding carboxylic acids is 1. The lowest BCUT2D eigenvalue weighted by Gasteiger charge is -2.36. The van der Waals surface area contributed by atoms with Crippen LogP contribution >= 0.6 is 11.3 Å². The number of aliphatic hydroxyl groups excluding tert-OH is 1. The maximum absolute atomic E-state index is 12.3. The van der Waals surface area contributed by atoms with Gasteiger partial charge >= 0.3 is 0 Å². The van der Waals surface area contributed by atoms with E-state index in [0.717, 1.165) is 36.4 Å². The van der Waals surface area contributed by atoms with Gasteiger partial charge in [0.05, 0.1) is 16.8 Å². The molecule has 1 amide bonds. The van der Waals surface area contributed by atoms with E-state index in [9.17, 15) is 9.90 Å². The van der Waals surface area contributed by atoms with Crippen LogP contribution in [0.5, 0.6) is 0 Å². The molecular formula is C14H18N2O2S. The number of hydrogen-bond donors (Lipinski definition) is 1. The van der Waals surface area contributed by atoms with Crippen LogP contribution in [0.3, 0.4) is 0 Å². The van der Waals surface area contributed by atoms with Crippen LogP contribution in [0, 0.1) is 6.92 Å². The van der Waals surface area contributed by atoms with E-state index in [1.54, 1.807) is 23.5 Å². The molecule has 5 heteroatoms. The predicted octanol–water partition coefficient (Wildman–Crippen LogP) is 1.98. The average molecular weight is 278 g/mol. The van der Waals surface area contributed by atoms with Crippen molar-refractivity contribution in [2.45, 2.75) is 50.8 Å². The van der Waals surface area contributed by atoms with Crippen LogP contribution in [0.1, 0.15) is 36.4 Å². The summed E-state index contributed by atoms with van der Waals surface area (Å²) in [7, 11) is 0. The molecule has 2 atom stereocenters. The average Bonchev–Trinajstić information content (AvgIpc) is 2.89. The number of carbonyl (C=O) groups is 1. The van der Waals surface area contributed by atoms with Gasteiger partial charge in [-0.25, -0.2) is 4.98 Å². The lowest BCUT2D eigenvalue weighted by molar-refractivity contribution is -0.131. The molecule has 19 heavy (non-hydrogen) atoms. The summed E-state index contributed by atoms with van der Waals surface area (Å²) in [6, 6.07) is 0.450. The van der Waals surface area contributed by atoms with Crippen LogP contribution in [0.4, 0.5) is 0 Å². The molecule has 0 radical (unpaired) electrons. The molecule has 1 aromatic heterocycles. The Bertz CT molecular complexity index is 497. The lowest BCUT2D eigenvalue weighted by Crippen LogP contribution is -2.47. The zero-order valence-electron chi connectivity index (χ0n) is 11.0. The third kappa shape index (κ3) is 2.58. The topological polar surface area (TPSA) is 53.4 Å². The van der Waals surface area contributed by atoms with Gasteiger partial charge in [0.15, 0.2) is 0 Å². The number of rotatable bonds is 2. The molecule has 4 nitrogen and oxygen atoms in total. The summed E-state index contributed by atoms with van der Waals surface area (Å²) in [4.78, 5) is 18.6. The number of piperidine rings is 1. The molecule has 2 aliphatic rings. The highest BCUT2D eigenvalue weighted by Crippen LogP contribution is 2.35. The number of aliphatic hydroxyl groups is 1. The third-order valence-electron chi connectivity index (χ3n) is 4.00. The molecular weight excluding hydrogens is 260 g/mol. The van der Waals surface area contributed by atoms with E-state index >= 15 is 0 Å². The number of aromatic nitrogens is 1. The molecule has 3 heterocycles. The first-order chi connectivity index (χ1) is 9.13. The highest BCUT2D eigenvalue weighted by Gasteiger charge is 2.41. The third-order valence-corrected chi connectivity index (χ3v) is 4.79. The van der Waals surface area contributed by atoms with Gasteiger partial charge < -0.3 is 10.0 Å². The number of fused-ring (bicyclic) bond motifs is 2. The Kier molecular flexibility index (Phi) is 3.41. The number of thiazole rings is 1. The van der Waals surface area contributed by atoms with Crippen LogP contribution in [0.25, 0.3) is 6.08 Å². The van der Waals surface area contributed by atoms with Crippen molar-refractivity contribution in [3.63, 3.8) is 0 Å². The summed E-state index contributed by atoms with van der Waals surface area (Å²) >= 11 is 1.59. The van der Waals surface area contributed by atoms with Crippen molar-refractivity contribution in [1.29, 1.82) is 0 Å². The van der Waals surface area contributed by atoms with Gasteiger partial charge in [-0.3, -0.25) is 4.79 Å². The fourth-order valence-electron chi connectivity index (χ4n) is 3.21. The number of hydrogen-bond acceptors (Lipinski definition) is 4. The predicted molar refractivity (Wildman–Crippen MR) is 74.8 cm³/mol. The highest BCUT2D eigenvalue weighted by molar-refractivity contribution is 7.09. The van der Waals surface area contributed by atoms with Gasteiger partial charge in [0, 0.05) is 23.5 Å². The Balaban J connectivity index is 1.69. The quantitative estimate of drug-likeness (QED) is 0.842. The van der Waals surface area contributed by atoms with E-state index in [1.807, 2.05) is 17.2 Å². The summed E-state index contributed by atoms with van der Waals surface area (Å²) in [5.41, 5.74) is 0.847. The first-order valence-electron chi connectivity index (χ1n) is 6.74. The second kappa shape index (κ2) is 5.06. The van der Waals surface area contributed by atoms with Crippen molar-refractivity contribution >= 4 is 23.3 Å². The van der Waals surface area contributed by atoms with Crippen molar-refractivity contribution in [2.24, 2.45) is 0 Å². The summed E-state index contributed by atoms with van der Waals surface area (Å²) in [5, 5.41) is 12.7. The van der Waals surface area contributed by atoms with Crippen molar-refractivity contribution in [2.75, 3.05) is 0 Å². The van der Waals surface area contributed by atoms with E-state index in [2.05, 4.69) is 4.98 Å². The minimum absolute atomic E-state index is 0.0602. The van der Waals surface area contributed by atoms with Crippen molar-refractivity contribution in [3.05, 3.63) is 22.2 Å². The summed E-state index contributed by atoms with van der Waals surface area (Å²) < 4.78 is 0. The summed E-state index contributed by atoms with van der Waals surface area (Å²) in [6.07, 6.45) is 6.69. The second-order valence-electron chi connectivity index (χ2n) is 5.38. The molecule has 3 rings (SSSR count). The van der Waals surface area contributed by atoms with Crippen molar-refractivity contribution in [1.82, 2.24) is 9.88 Å². The zero-order valence-corrected chi connectivity index (χ0v) is 11.8. The monoisotopic (exact) mass is 278 g/mol.